The third-order valence-corrected chi connectivity index (χ3v) is 7.88. The molecule has 35 heavy (non-hydrogen) atoms. The molecule has 0 N–H and O–H groups in total. The van der Waals surface area contributed by atoms with E-state index in [1.165, 1.54) is 26.9 Å². The minimum absolute atomic E-state index is 0.0346. The number of piperidine rings is 1. The summed E-state index contributed by atoms with van der Waals surface area (Å²) in [7, 11) is 7.92. The third-order valence-electron chi connectivity index (χ3n) is 7.88. The number of amides is 3. The molecule has 1 aliphatic carbocycles. The van der Waals surface area contributed by atoms with E-state index in [-0.39, 0.29) is 23.8 Å². The van der Waals surface area contributed by atoms with Gasteiger partial charge in [-0.05, 0) is 64.0 Å². The summed E-state index contributed by atoms with van der Waals surface area (Å²) in [6.45, 7) is 9.21. The van der Waals surface area contributed by atoms with Crippen LogP contribution in [0.4, 0.5) is 4.79 Å². The molecule has 7 nitrogen and oxygen atoms in total. The highest BCUT2D eigenvalue weighted by atomic mass is 16.2. The van der Waals surface area contributed by atoms with Gasteiger partial charge in [-0.2, -0.15) is 0 Å². The molecule has 4 rings (SSSR count). The van der Waals surface area contributed by atoms with Gasteiger partial charge in [-0.1, -0.05) is 18.2 Å². The zero-order chi connectivity index (χ0) is 25.3. The van der Waals surface area contributed by atoms with E-state index in [9.17, 15) is 9.59 Å². The van der Waals surface area contributed by atoms with Crippen molar-refractivity contribution < 1.29 is 9.59 Å². The van der Waals surface area contributed by atoms with Gasteiger partial charge in [0.1, 0.15) is 0 Å². The molecule has 1 aliphatic heterocycles. The van der Waals surface area contributed by atoms with Crippen LogP contribution in [0.3, 0.4) is 0 Å². The van der Waals surface area contributed by atoms with Crippen molar-refractivity contribution in [3.05, 3.63) is 48.2 Å². The highest BCUT2D eigenvalue weighted by molar-refractivity contribution is 5.96. The van der Waals surface area contributed by atoms with E-state index in [0.717, 1.165) is 32.4 Å². The number of fused-ring (bicyclic) bond motifs is 2. The molecule has 0 spiro atoms. The average Bonchev–Trinajstić information content (AvgIpc) is 3.17. The number of hydrogen-bond acceptors (Lipinski definition) is 4. The predicted molar refractivity (Wildman–Crippen MR) is 142 cm³/mol. The molecule has 1 aromatic carbocycles. The number of imide groups is 1. The number of benzene rings is 1. The Morgan fingerprint density at radius 2 is 1.97 bits per heavy atom. The van der Waals surface area contributed by atoms with E-state index in [2.05, 4.69) is 52.4 Å². The molecule has 3 amide bonds. The topological polar surface area (TPSA) is 52.0 Å². The second-order valence-electron chi connectivity index (χ2n) is 10.5. The standard InChI is InChI=1S/C28H41N5O2/c1-7-13-32-19-21(27(34)33(15-10-14-29(3)4)28(35)30(5)8-2)16-23-22-11-9-12-24-26(22)20(17-25(23)32)18-31(24)6/h7,9,11-12,18,21,23,25H,1,8,10,13-17,19H2,2-6H3/t21-,23?,25-/m1/s1. The van der Waals surface area contributed by atoms with E-state index >= 15 is 0 Å². The minimum atomic E-state index is -0.217. The average molecular weight is 480 g/mol. The van der Waals surface area contributed by atoms with Gasteiger partial charge in [0.25, 0.3) is 0 Å². The van der Waals surface area contributed by atoms with Gasteiger partial charge in [0.05, 0.1) is 5.92 Å². The summed E-state index contributed by atoms with van der Waals surface area (Å²) in [6, 6.07) is 6.72. The number of likely N-dealkylation sites (tertiary alicyclic amines) is 1. The Kier molecular flexibility index (Phi) is 7.67. The van der Waals surface area contributed by atoms with Crippen molar-refractivity contribution in [2.24, 2.45) is 13.0 Å². The van der Waals surface area contributed by atoms with Crippen LogP contribution >= 0.6 is 0 Å². The van der Waals surface area contributed by atoms with Gasteiger partial charge in [0.15, 0.2) is 0 Å². The molecule has 1 fully saturated rings. The maximum atomic E-state index is 14.0. The Morgan fingerprint density at radius 1 is 1.20 bits per heavy atom. The first-order valence-corrected chi connectivity index (χ1v) is 12.9. The van der Waals surface area contributed by atoms with Crippen molar-refractivity contribution in [1.82, 2.24) is 24.2 Å². The molecule has 1 aromatic heterocycles. The Balaban J connectivity index is 1.65. The lowest BCUT2D eigenvalue weighted by Gasteiger charge is -2.47. The lowest BCUT2D eigenvalue weighted by molar-refractivity contribution is -0.135. The molecule has 0 saturated carbocycles. The monoisotopic (exact) mass is 479 g/mol. The van der Waals surface area contributed by atoms with Crippen LogP contribution in [-0.4, -0.2) is 96.0 Å². The molecule has 7 heteroatoms. The van der Waals surface area contributed by atoms with Gasteiger partial charge in [0.2, 0.25) is 5.91 Å². The molecule has 2 aliphatic rings. The zero-order valence-electron chi connectivity index (χ0n) is 22.0. The van der Waals surface area contributed by atoms with Crippen molar-refractivity contribution in [2.75, 3.05) is 53.9 Å². The van der Waals surface area contributed by atoms with E-state index in [4.69, 9.17) is 0 Å². The van der Waals surface area contributed by atoms with Crippen LogP contribution in [0.25, 0.3) is 10.9 Å². The summed E-state index contributed by atoms with van der Waals surface area (Å²) < 4.78 is 2.22. The fourth-order valence-electron chi connectivity index (χ4n) is 6.04. The van der Waals surface area contributed by atoms with Gasteiger partial charge < -0.3 is 14.4 Å². The van der Waals surface area contributed by atoms with Crippen LogP contribution < -0.4 is 0 Å². The number of carbonyl (C=O) groups is 2. The Morgan fingerprint density at radius 3 is 2.66 bits per heavy atom. The maximum Gasteiger partial charge on any atom is 0.326 e. The molecule has 2 heterocycles. The van der Waals surface area contributed by atoms with E-state index in [1.54, 1.807) is 11.9 Å². The minimum Gasteiger partial charge on any atom is -0.350 e. The normalized spacial score (nSPS) is 21.7. The number of nitrogens with zero attached hydrogens (tertiary/aromatic N) is 5. The third kappa shape index (κ3) is 4.89. The summed E-state index contributed by atoms with van der Waals surface area (Å²) >= 11 is 0. The van der Waals surface area contributed by atoms with E-state index < -0.39 is 0 Å². The maximum absolute atomic E-state index is 14.0. The highest BCUT2D eigenvalue weighted by Gasteiger charge is 2.44. The summed E-state index contributed by atoms with van der Waals surface area (Å²) in [6.07, 6.45) is 6.73. The molecule has 0 bridgehead atoms. The Labute approximate surface area is 209 Å². The number of rotatable bonds is 8. The summed E-state index contributed by atoms with van der Waals surface area (Å²) in [5, 5.41) is 1.35. The molecule has 2 aromatic rings. The van der Waals surface area contributed by atoms with Crippen molar-refractivity contribution in [1.29, 1.82) is 0 Å². The lowest BCUT2D eigenvalue weighted by atomic mass is 9.72. The Bertz CT molecular complexity index is 1090. The highest BCUT2D eigenvalue weighted by Crippen LogP contribution is 2.45. The first-order valence-electron chi connectivity index (χ1n) is 12.9. The second kappa shape index (κ2) is 10.5. The zero-order valence-corrected chi connectivity index (χ0v) is 22.0. The van der Waals surface area contributed by atoms with Gasteiger partial charge in [-0.25, -0.2) is 4.79 Å². The quantitative estimate of drug-likeness (QED) is 0.544. The van der Waals surface area contributed by atoms with Crippen LogP contribution in [0, 0.1) is 5.92 Å². The SMILES string of the molecule is C=CCN1C[C@H](C(=O)N(CCCN(C)C)C(=O)N(C)CC)CC2c3cccc4c3c(cn4C)C[C@H]21. The van der Waals surface area contributed by atoms with Crippen molar-refractivity contribution in [3.8, 4) is 0 Å². The molecule has 1 saturated heterocycles. The van der Waals surface area contributed by atoms with Gasteiger partial charge in [-0.3, -0.25) is 14.6 Å². The van der Waals surface area contributed by atoms with Crippen LogP contribution in [0.1, 0.15) is 36.8 Å². The number of aromatic nitrogens is 1. The second-order valence-corrected chi connectivity index (χ2v) is 10.5. The molecule has 1 unspecified atom stereocenters. The largest absolute Gasteiger partial charge is 0.350 e. The van der Waals surface area contributed by atoms with Gasteiger partial charge in [0, 0.05) is 69.3 Å². The van der Waals surface area contributed by atoms with Gasteiger partial charge in [-0.15, -0.1) is 6.58 Å². The molecular formula is C28H41N5O2. The van der Waals surface area contributed by atoms with Crippen LogP contribution in [0.5, 0.6) is 0 Å². The number of aryl methyl sites for hydroxylation is 1. The van der Waals surface area contributed by atoms with Crippen LogP contribution in [0.2, 0.25) is 0 Å². The van der Waals surface area contributed by atoms with E-state index in [0.29, 0.717) is 25.7 Å². The molecular weight excluding hydrogens is 438 g/mol. The summed E-state index contributed by atoms with van der Waals surface area (Å²) in [5.74, 6) is 0.0109. The fourth-order valence-corrected chi connectivity index (χ4v) is 6.04. The fraction of sp³-hybridized carbons (Fsp3) is 0.571. The number of carbonyl (C=O) groups excluding carboxylic acids is 2. The van der Waals surface area contributed by atoms with Crippen molar-refractivity contribution in [3.63, 3.8) is 0 Å². The molecule has 0 radical (unpaired) electrons. The lowest BCUT2D eigenvalue weighted by Crippen LogP contribution is -2.55. The van der Waals surface area contributed by atoms with Crippen molar-refractivity contribution >= 4 is 22.8 Å². The van der Waals surface area contributed by atoms with E-state index in [1.807, 2.05) is 27.1 Å². The first kappa shape index (κ1) is 25.5. The Hall–Kier alpha value is -2.64. The summed E-state index contributed by atoms with van der Waals surface area (Å²) in [5.41, 5.74) is 3.99. The van der Waals surface area contributed by atoms with Crippen LogP contribution in [-0.2, 0) is 18.3 Å². The number of hydrogen-bond donors (Lipinski definition) is 0. The van der Waals surface area contributed by atoms with Gasteiger partial charge >= 0.3 is 6.03 Å². The molecule has 190 valence electrons. The first-order chi connectivity index (χ1) is 16.8. The van der Waals surface area contributed by atoms with Crippen molar-refractivity contribution in [2.45, 2.75) is 38.1 Å². The smallest absolute Gasteiger partial charge is 0.326 e. The van der Waals surface area contributed by atoms with Crippen LogP contribution in [0.15, 0.2) is 37.1 Å². The summed E-state index contributed by atoms with van der Waals surface area (Å²) in [4.78, 5) is 34.9. The number of urea groups is 1. The molecule has 3 atom stereocenters. The predicted octanol–water partition coefficient (Wildman–Crippen LogP) is 3.55.